The lowest BCUT2D eigenvalue weighted by Gasteiger charge is -2.37. The molecule has 11 heteroatoms. The fourth-order valence-corrected chi connectivity index (χ4v) is 6.54. The van der Waals surface area contributed by atoms with E-state index in [1.807, 2.05) is 26.4 Å². The smallest absolute Gasteiger partial charge is 0.208 e. The number of piperazine rings is 1. The Morgan fingerprint density at radius 1 is 1.03 bits per heavy atom. The third-order valence-corrected chi connectivity index (χ3v) is 8.81. The first kappa shape index (κ1) is 24.9. The highest BCUT2D eigenvalue weighted by Crippen LogP contribution is 2.24. The zero-order valence-corrected chi connectivity index (χ0v) is 21.3. The first-order chi connectivity index (χ1) is 16.0. The number of fused-ring (bicyclic) bond motifs is 1. The molecule has 3 aromatic heterocycles. The summed E-state index contributed by atoms with van der Waals surface area (Å²) in [5.74, 6) is 0.862. The van der Waals surface area contributed by atoms with Crippen LogP contribution < -0.4 is 10.3 Å². The second kappa shape index (κ2) is 10.6. The Morgan fingerprint density at radius 2 is 1.76 bits per heavy atom. The van der Waals surface area contributed by atoms with Gasteiger partial charge in [-0.25, -0.2) is 18.5 Å². The molecule has 9 nitrogen and oxygen atoms in total. The summed E-state index contributed by atoms with van der Waals surface area (Å²) in [6, 6.07) is 4.30. The van der Waals surface area contributed by atoms with Gasteiger partial charge in [0.05, 0.1) is 5.39 Å². The van der Waals surface area contributed by atoms with E-state index >= 15 is 0 Å². The molecule has 2 aliphatic rings. The van der Waals surface area contributed by atoms with E-state index in [0.717, 1.165) is 64.3 Å². The number of aromatic nitrogens is 3. The Hall–Kier alpha value is -2.18. The summed E-state index contributed by atoms with van der Waals surface area (Å²) >= 11 is 1.47. The Morgan fingerprint density at radius 3 is 2.41 bits per heavy atom. The van der Waals surface area contributed by atoms with Crippen molar-refractivity contribution >= 4 is 39.2 Å². The summed E-state index contributed by atoms with van der Waals surface area (Å²) in [5, 5.41) is 3.10. The highest BCUT2D eigenvalue weighted by molar-refractivity contribution is 7.82. The minimum atomic E-state index is -1.49. The maximum Gasteiger partial charge on any atom is 0.208 e. The highest BCUT2D eigenvalue weighted by atomic mass is 32.2. The summed E-state index contributed by atoms with van der Waals surface area (Å²) in [5.41, 5.74) is 0.364. The Bertz CT molecular complexity index is 1200. The molecule has 0 radical (unpaired) electrons. The molecule has 0 aromatic carbocycles. The van der Waals surface area contributed by atoms with E-state index in [0.29, 0.717) is 27.1 Å². The highest BCUT2D eigenvalue weighted by Gasteiger charge is 2.25. The third kappa shape index (κ3) is 4.80. The molecule has 0 aliphatic carbocycles. The number of hydrogen-bond donors (Lipinski definition) is 0. The van der Waals surface area contributed by atoms with Gasteiger partial charge in [0.2, 0.25) is 5.43 Å². The maximum atomic E-state index is 13.4. The van der Waals surface area contributed by atoms with E-state index in [9.17, 15) is 9.00 Å². The minimum Gasteiger partial charge on any atom is -0.412 e. The van der Waals surface area contributed by atoms with E-state index in [2.05, 4.69) is 28.6 Å². The lowest BCUT2D eigenvalue weighted by molar-refractivity contribution is 0.209. The van der Waals surface area contributed by atoms with Gasteiger partial charge in [0, 0.05) is 63.1 Å². The molecule has 1 unspecified atom stereocenters. The normalized spacial score (nSPS) is 18.9. The molecule has 2 aliphatic heterocycles. The van der Waals surface area contributed by atoms with Crippen molar-refractivity contribution in [3.05, 3.63) is 40.1 Å². The number of thiazole rings is 1. The van der Waals surface area contributed by atoms with Crippen LogP contribution in [0.5, 0.6) is 0 Å². The molecule has 2 saturated heterocycles. The van der Waals surface area contributed by atoms with E-state index in [1.54, 1.807) is 12.4 Å². The molecule has 0 bridgehead atoms. The van der Waals surface area contributed by atoms with Crippen LogP contribution in [0.1, 0.15) is 33.1 Å². The van der Waals surface area contributed by atoms with Crippen LogP contribution in [0, 0.1) is 0 Å². The van der Waals surface area contributed by atoms with Gasteiger partial charge in [-0.15, -0.1) is 11.3 Å². The van der Waals surface area contributed by atoms with Gasteiger partial charge in [-0.2, -0.15) is 0 Å². The van der Waals surface area contributed by atoms with Crippen molar-refractivity contribution in [2.75, 3.05) is 44.2 Å². The molecule has 0 spiro atoms. The standard InChI is InChI=1S/C23H30N6O2S2.H2O/c1-17(2)26-11-13-27(14-12-26)20-7-6-18-21(30)19(33(31)28-9-4-3-5-10-28)16-29(22(18)25-20)23-24-8-15-32-23;/h6-8,15-17H,3-5,9-14H2,1-2H3;1H2. The molecule has 184 valence electrons. The van der Waals surface area contributed by atoms with Gasteiger partial charge in [-0.05, 0) is 38.8 Å². The molecule has 2 fully saturated rings. The van der Waals surface area contributed by atoms with Gasteiger partial charge in [0.15, 0.2) is 10.8 Å². The van der Waals surface area contributed by atoms with Gasteiger partial charge in [0.25, 0.3) is 0 Å². The van der Waals surface area contributed by atoms with Gasteiger partial charge >= 0.3 is 0 Å². The largest absolute Gasteiger partial charge is 0.412 e. The van der Waals surface area contributed by atoms with Crippen LogP contribution in [0.25, 0.3) is 16.2 Å². The van der Waals surface area contributed by atoms with Gasteiger partial charge in [-0.1, -0.05) is 6.42 Å². The SMILES string of the molecule is CC(C)N1CCN(c2ccc3c(=O)c(S(=O)N4CCCCC4)cn(-c4nccs4)c3n2)CC1.O. The van der Waals surface area contributed by atoms with Gasteiger partial charge < -0.3 is 10.4 Å². The molecule has 34 heavy (non-hydrogen) atoms. The lowest BCUT2D eigenvalue weighted by Crippen LogP contribution is -2.49. The molecule has 3 aromatic rings. The van der Waals surface area contributed by atoms with Crippen molar-refractivity contribution in [2.45, 2.75) is 44.0 Å². The molecule has 0 saturated carbocycles. The van der Waals surface area contributed by atoms with Crippen LogP contribution in [0.3, 0.4) is 0 Å². The second-order valence-corrected chi connectivity index (χ2v) is 11.2. The second-order valence-electron chi connectivity index (χ2n) is 8.90. The zero-order valence-electron chi connectivity index (χ0n) is 19.6. The van der Waals surface area contributed by atoms with Gasteiger partial charge in [0.1, 0.15) is 21.7 Å². The molecule has 5 heterocycles. The Balaban J connectivity index is 0.00000274. The van der Waals surface area contributed by atoms with Crippen molar-refractivity contribution < 1.29 is 9.69 Å². The van der Waals surface area contributed by atoms with E-state index in [-0.39, 0.29) is 10.9 Å². The minimum absolute atomic E-state index is 0. The van der Waals surface area contributed by atoms with Crippen LogP contribution >= 0.6 is 11.3 Å². The number of pyridine rings is 2. The molecule has 0 amide bonds. The molecule has 2 N–H and O–H groups in total. The van der Waals surface area contributed by atoms with Crippen LogP contribution in [0.4, 0.5) is 5.82 Å². The van der Waals surface area contributed by atoms with Crippen LogP contribution in [-0.4, -0.2) is 78.7 Å². The fraction of sp³-hybridized carbons (Fsp3) is 0.522. The number of nitrogens with zero attached hydrogens (tertiary/aromatic N) is 6. The predicted octanol–water partition coefficient (Wildman–Crippen LogP) is 2.06. The van der Waals surface area contributed by atoms with Crippen LogP contribution in [0.15, 0.2) is 39.6 Å². The average Bonchev–Trinajstić information content (AvgIpc) is 3.39. The Labute approximate surface area is 205 Å². The van der Waals surface area contributed by atoms with Crippen molar-refractivity contribution in [1.82, 2.24) is 23.7 Å². The van der Waals surface area contributed by atoms with Crippen molar-refractivity contribution in [2.24, 2.45) is 0 Å². The van der Waals surface area contributed by atoms with Crippen molar-refractivity contribution in [3.8, 4) is 5.13 Å². The summed E-state index contributed by atoms with van der Waals surface area (Å²) in [4.78, 5) is 27.9. The molecule has 1 atom stereocenters. The van der Waals surface area contributed by atoms with E-state index in [4.69, 9.17) is 4.98 Å². The predicted molar refractivity (Wildman–Crippen MR) is 137 cm³/mol. The summed E-state index contributed by atoms with van der Waals surface area (Å²) in [7, 11) is -1.49. The number of anilines is 1. The molecule has 5 rings (SSSR count). The Kier molecular flexibility index (Phi) is 7.78. The molecular weight excluding hydrogens is 472 g/mol. The zero-order chi connectivity index (χ0) is 22.9. The topological polar surface area (TPSA) is 106 Å². The average molecular weight is 505 g/mol. The van der Waals surface area contributed by atoms with E-state index < -0.39 is 11.0 Å². The fourth-order valence-electron chi connectivity index (χ4n) is 4.59. The third-order valence-electron chi connectivity index (χ3n) is 6.53. The first-order valence-electron chi connectivity index (χ1n) is 11.6. The summed E-state index contributed by atoms with van der Waals surface area (Å²) in [6.07, 6.45) is 6.60. The summed E-state index contributed by atoms with van der Waals surface area (Å²) < 4.78 is 17.1. The first-order valence-corrected chi connectivity index (χ1v) is 13.6. The lowest BCUT2D eigenvalue weighted by atomic mass is 10.2. The monoisotopic (exact) mass is 504 g/mol. The summed E-state index contributed by atoms with van der Waals surface area (Å²) in [6.45, 7) is 9.73. The number of piperidine rings is 1. The van der Waals surface area contributed by atoms with Crippen molar-refractivity contribution in [3.63, 3.8) is 0 Å². The van der Waals surface area contributed by atoms with Crippen LogP contribution in [-0.2, 0) is 11.0 Å². The van der Waals surface area contributed by atoms with E-state index in [1.165, 1.54) is 11.3 Å². The van der Waals surface area contributed by atoms with Crippen LogP contribution in [0.2, 0.25) is 0 Å². The molecular formula is C23H32N6O3S2. The maximum absolute atomic E-state index is 13.4. The van der Waals surface area contributed by atoms with Gasteiger partial charge in [-0.3, -0.25) is 14.3 Å². The number of hydrogen-bond acceptors (Lipinski definition) is 7. The number of rotatable bonds is 5. The van der Waals surface area contributed by atoms with Crippen molar-refractivity contribution in [1.29, 1.82) is 0 Å². The quantitative estimate of drug-likeness (QED) is 0.527.